The van der Waals surface area contributed by atoms with Gasteiger partial charge in [0.1, 0.15) is 22.9 Å². The van der Waals surface area contributed by atoms with E-state index in [4.69, 9.17) is 0 Å². The summed E-state index contributed by atoms with van der Waals surface area (Å²) < 4.78 is 95.1. The normalized spacial score (nSPS) is 15.1. The average molecular weight is 463 g/mol. The zero-order valence-corrected chi connectivity index (χ0v) is 17.4. The second-order valence-electron chi connectivity index (χ2n) is 7.25. The van der Waals surface area contributed by atoms with Gasteiger partial charge in [0.25, 0.3) is 6.43 Å². The predicted molar refractivity (Wildman–Crippen MR) is 100 cm³/mol. The van der Waals surface area contributed by atoms with Crippen LogP contribution in [0.2, 0.25) is 0 Å². The molecule has 31 heavy (non-hydrogen) atoms. The first-order chi connectivity index (χ1) is 14.5. The number of pyridine rings is 1. The van der Waals surface area contributed by atoms with Crippen molar-refractivity contribution in [2.45, 2.75) is 50.4 Å². The predicted octanol–water partition coefficient (Wildman–Crippen LogP) is 3.92. The highest BCUT2D eigenvalue weighted by Crippen LogP contribution is 2.37. The largest absolute Gasteiger partial charge is 0.433 e. The molecule has 0 amide bonds. The molecule has 0 unspecified atom stereocenters. The lowest BCUT2D eigenvalue weighted by Gasteiger charge is -2.16. The molecular weight excluding hydrogens is 445 g/mol. The number of sulfone groups is 1. The van der Waals surface area contributed by atoms with Crippen molar-refractivity contribution in [3.63, 3.8) is 0 Å². The quantitative estimate of drug-likeness (QED) is 0.548. The fourth-order valence-corrected chi connectivity index (χ4v) is 5.07. The third-order valence-electron chi connectivity index (χ3n) is 5.29. The molecule has 1 aliphatic rings. The van der Waals surface area contributed by atoms with Gasteiger partial charge in [-0.1, -0.05) is 6.92 Å². The van der Waals surface area contributed by atoms with Crippen LogP contribution in [0.15, 0.2) is 11.1 Å². The van der Waals surface area contributed by atoms with Gasteiger partial charge in [-0.15, -0.1) is 0 Å². The summed E-state index contributed by atoms with van der Waals surface area (Å²) in [5.74, 6) is 0.187. The molecule has 0 bridgehead atoms. The molecule has 0 aliphatic carbocycles. The molecule has 3 aromatic heterocycles. The van der Waals surface area contributed by atoms with E-state index in [9.17, 15) is 30.4 Å². The van der Waals surface area contributed by atoms with Gasteiger partial charge in [-0.3, -0.25) is 0 Å². The molecule has 0 radical (unpaired) electrons. The average Bonchev–Trinajstić information content (AvgIpc) is 3.24. The Labute approximate surface area is 173 Å². The molecule has 1 aliphatic heterocycles. The highest BCUT2D eigenvalue weighted by Gasteiger charge is 2.37. The number of aromatic nitrogens is 5. The molecule has 0 aromatic carbocycles. The van der Waals surface area contributed by atoms with Gasteiger partial charge in [0.05, 0.1) is 16.8 Å². The number of nitrogens with zero attached hydrogens (tertiary/aromatic N) is 5. The monoisotopic (exact) mass is 463 g/mol. The molecule has 168 valence electrons. The third-order valence-corrected chi connectivity index (χ3v) is 7.06. The van der Waals surface area contributed by atoms with E-state index >= 15 is 0 Å². The number of rotatable bonds is 4. The van der Waals surface area contributed by atoms with Crippen molar-refractivity contribution in [1.29, 1.82) is 0 Å². The van der Waals surface area contributed by atoms with E-state index in [0.29, 0.717) is 24.9 Å². The Morgan fingerprint density at radius 3 is 2.48 bits per heavy atom. The summed E-state index contributed by atoms with van der Waals surface area (Å²) in [7, 11) is -2.46. The second kappa shape index (κ2) is 7.24. The maximum Gasteiger partial charge on any atom is 0.433 e. The molecule has 4 heterocycles. The number of fused-ring (bicyclic) bond motifs is 2. The van der Waals surface area contributed by atoms with Crippen molar-refractivity contribution < 1.29 is 30.4 Å². The molecule has 0 N–H and O–H groups in total. The van der Waals surface area contributed by atoms with Crippen molar-refractivity contribution in [3.8, 4) is 11.5 Å². The van der Waals surface area contributed by atoms with Gasteiger partial charge in [0.2, 0.25) is 0 Å². The SMILES string of the molecule is CCS(=O)(=O)c1c(-c2nc3cc(C(F)(F)F)nc(C(F)F)c3n2C)nc2n1CCCC2. The molecule has 4 rings (SSSR count). The topological polar surface area (TPSA) is 82.7 Å². The first-order valence-corrected chi connectivity index (χ1v) is 11.2. The molecule has 0 saturated carbocycles. The van der Waals surface area contributed by atoms with E-state index in [1.54, 1.807) is 4.57 Å². The van der Waals surface area contributed by atoms with E-state index in [2.05, 4.69) is 15.0 Å². The van der Waals surface area contributed by atoms with Gasteiger partial charge < -0.3 is 9.13 Å². The van der Waals surface area contributed by atoms with Gasteiger partial charge in [-0.25, -0.2) is 32.2 Å². The van der Waals surface area contributed by atoms with Gasteiger partial charge in [-0.05, 0) is 18.9 Å². The summed E-state index contributed by atoms with van der Waals surface area (Å²) in [4.78, 5) is 11.6. The van der Waals surface area contributed by atoms with Crippen LogP contribution in [0.1, 0.15) is 43.4 Å². The minimum Gasteiger partial charge on any atom is -0.324 e. The Hall–Kier alpha value is -2.57. The molecular formula is C18H18F5N5O2S. The van der Waals surface area contributed by atoms with Crippen LogP contribution in [0, 0.1) is 0 Å². The van der Waals surface area contributed by atoms with Crippen LogP contribution in [0.5, 0.6) is 0 Å². The van der Waals surface area contributed by atoms with Crippen molar-refractivity contribution in [2.24, 2.45) is 7.05 Å². The van der Waals surface area contributed by atoms with E-state index in [1.807, 2.05) is 0 Å². The zero-order valence-electron chi connectivity index (χ0n) is 16.5. The highest BCUT2D eigenvalue weighted by molar-refractivity contribution is 7.91. The van der Waals surface area contributed by atoms with Gasteiger partial charge in [0, 0.05) is 20.0 Å². The summed E-state index contributed by atoms with van der Waals surface area (Å²) >= 11 is 0. The van der Waals surface area contributed by atoms with Crippen molar-refractivity contribution in [2.75, 3.05) is 5.75 Å². The minimum absolute atomic E-state index is 0.0498. The summed E-state index contributed by atoms with van der Waals surface area (Å²) in [6, 6.07) is 0.578. The number of alkyl halides is 5. The van der Waals surface area contributed by atoms with Crippen LogP contribution in [0.4, 0.5) is 22.0 Å². The zero-order chi connectivity index (χ0) is 22.7. The number of hydrogen-bond donors (Lipinski definition) is 0. The lowest BCUT2D eigenvalue weighted by atomic mass is 10.2. The van der Waals surface area contributed by atoms with Gasteiger partial charge >= 0.3 is 6.18 Å². The Kier molecular flexibility index (Phi) is 5.06. The van der Waals surface area contributed by atoms with E-state index in [-0.39, 0.29) is 33.3 Å². The summed E-state index contributed by atoms with van der Waals surface area (Å²) in [6.45, 7) is 1.88. The first kappa shape index (κ1) is 21.7. The number of halogens is 5. The standard InChI is InChI=1S/C18H18F5N5O2S/c1-3-31(29,30)17-13(26-11-6-4-5-7-28(11)17)16-24-9-8-10(18(21,22)23)25-12(15(19)20)14(9)27(16)2/h8,15H,3-7H2,1-2H3. The lowest BCUT2D eigenvalue weighted by Crippen LogP contribution is -2.17. The number of aryl methyl sites for hydroxylation is 2. The molecule has 0 fully saturated rings. The first-order valence-electron chi connectivity index (χ1n) is 9.51. The summed E-state index contributed by atoms with van der Waals surface area (Å²) in [6.07, 6.45) is -6.16. The molecule has 3 aromatic rings. The lowest BCUT2D eigenvalue weighted by molar-refractivity contribution is -0.141. The number of hydrogen-bond acceptors (Lipinski definition) is 5. The van der Waals surface area contributed by atoms with Crippen LogP contribution in [0.3, 0.4) is 0 Å². The van der Waals surface area contributed by atoms with Crippen LogP contribution >= 0.6 is 0 Å². The molecule has 13 heteroatoms. The van der Waals surface area contributed by atoms with Crippen LogP contribution in [-0.4, -0.2) is 38.3 Å². The van der Waals surface area contributed by atoms with Crippen LogP contribution in [0.25, 0.3) is 22.6 Å². The number of imidazole rings is 2. The Balaban J connectivity index is 2.06. The fraction of sp³-hybridized carbons (Fsp3) is 0.500. The maximum atomic E-state index is 13.6. The molecule has 0 atom stereocenters. The van der Waals surface area contributed by atoms with Crippen LogP contribution in [-0.2, 0) is 36.0 Å². The van der Waals surface area contributed by atoms with E-state index in [0.717, 1.165) is 17.4 Å². The molecule has 0 spiro atoms. The van der Waals surface area contributed by atoms with Gasteiger partial charge in [0.15, 0.2) is 20.7 Å². The third kappa shape index (κ3) is 3.48. The maximum absolute atomic E-state index is 13.6. The second-order valence-corrected chi connectivity index (χ2v) is 9.44. The Morgan fingerprint density at radius 2 is 1.87 bits per heavy atom. The summed E-state index contributed by atoms with van der Waals surface area (Å²) in [5.41, 5.74) is -3.28. The summed E-state index contributed by atoms with van der Waals surface area (Å²) in [5, 5.41) is -0.0919. The van der Waals surface area contributed by atoms with Crippen molar-refractivity contribution in [1.82, 2.24) is 24.1 Å². The van der Waals surface area contributed by atoms with E-state index < -0.39 is 33.8 Å². The fourth-order valence-electron chi connectivity index (χ4n) is 3.83. The molecule has 7 nitrogen and oxygen atoms in total. The minimum atomic E-state index is -4.94. The van der Waals surface area contributed by atoms with E-state index in [1.165, 1.54) is 14.0 Å². The van der Waals surface area contributed by atoms with Gasteiger partial charge in [-0.2, -0.15) is 13.2 Å². The highest BCUT2D eigenvalue weighted by atomic mass is 32.2. The van der Waals surface area contributed by atoms with Crippen molar-refractivity contribution in [3.05, 3.63) is 23.3 Å². The Morgan fingerprint density at radius 1 is 1.16 bits per heavy atom. The van der Waals surface area contributed by atoms with Crippen molar-refractivity contribution >= 4 is 20.9 Å². The Bertz CT molecular complexity index is 1280. The molecule has 0 saturated heterocycles. The smallest absolute Gasteiger partial charge is 0.324 e. The van der Waals surface area contributed by atoms with Crippen LogP contribution < -0.4 is 0 Å².